The molecule has 3 aromatic rings. The minimum absolute atomic E-state index is 0.0540. The van der Waals surface area contributed by atoms with Crippen molar-refractivity contribution in [2.45, 2.75) is 32.4 Å². The van der Waals surface area contributed by atoms with Gasteiger partial charge in [-0.2, -0.15) is 0 Å². The number of fused-ring (bicyclic) bond motifs is 1. The zero-order valence-electron chi connectivity index (χ0n) is 16.7. The largest absolute Gasteiger partial charge is 0.480 e. The Balaban J connectivity index is 2.12. The first kappa shape index (κ1) is 21.0. The molecule has 8 heteroatoms. The number of carbonyl (C=O) groups excluding carboxylic acids is 1. The third-order valence-corrected chi connectivity index (χ3v) is 4.95. The molecule has 0 aliphatic heterocycles. The highest BCUT2D eigenvalue weighted by Gasteiger charge is 2.30. The van der Waals surface area contributed by atoms with Crippen LogP contribution in [0.4, 0.5) is 0 Å². The Morgan fingerprint density at radius 1 is 1.03 bits per heavy atom. The molecule has 2 atom stereocenters. The summed E-state index contributed by atoms with van der Waals surface area (Å²) < 4.78 is 0.865. The van der Waals surface area contributed by atoms with E-state index >= 15 is 0 Å². The smallest absolute Gasteiger partial charge is 0.329 e. The van der Waals surface area contributed by atoms with Crippen LogP contribution in [0.25, 0.3) is 10.9 Å². The third kappa shape index (κ3) is 4.32. The van der Waals surface area contributed by atoms with Crippen molar-refractivity contribution < 1.29 is 14.7 Å². The molecule has 2 aromatic carbocycles. The van der Waals surface area contributed by atoms with Crippen molar-refractivity contribution in [1.29, 1.82) is 0 Å². The molecule has 0 saturated heterocycles. The van der Waals surface area contributed by atoms with E-state index in [9.17, 15) is 24.3 Å². The van der Waals surface area contributed by atoms with Gasteiger partial charge in [0.1, 0.15) is 12.1 Å². The lowest BCUT2D eigenvalue weighted by Crippen LogP contribution is -2.51. The fraction of sp³-hybridized carbons (Fsp3) is 0.273. The minimum Gasteiger partial charge on any atom is -0.480 e. The second kappa shape index (κ2) is 8.77. The van der Waals surface area contributed by atoms with Crippen molar-refractivity contribution in [2.75, 3.05) is 0 Å². The molecule has 3 N–H and O–H groups in total. The van der Waals surface area contributed by atoms with Crippen LogP contribution in [0.2, 0.25) is 0 Å². The molecule has 156 valence electrons. The summed E-state index contributed by atoms with van der Waals surface area (Å²) in [4.78, 5) is 53.1. The normalized spacial score (nSPS) is 13.2. The van der Waals surface area contributed by atoms with E-state index in [2.05, 4.69) is 10.3 Å². The van der Waals surface area contributed by atoms with Gasteiger partial charge in [0.2, 0.25) is 5.91 Å². The molecule has 30 heavy (non-hydrogen) atoms. The molecule has 0 radical (unpaired) electrons. The van der Waals surface area contributed by atoms with E-state index in [4.69, 9.17) is 0 Å². The van der Waals surface area contributed by atoms with Gasteiger partial charge in [-0.15, -0.1) is 0 Å². The number of carbonyl (C=O) groups is 2. The van der Waals surface area contributed by atoms with Gasteiger partial charge in [0.25, 0.3) is 5.56 Å². The van der Waals surface area contributed by atoms with Crippen LogP contribution < -0.4 is 16.6 Å². The first-order valence-electron chi connectivity index (χ1n) is 9.60. The summed E-state index contributed by atoms with van der Waals surface area (Å²) in [7, 11) is 0. The predicted molar refractivity (Wildman–Crippen MR) is 112 cm³/mol. The fourth-order valence-corrected chi connectivity index (χ4v) is 3.36. The Labute approximate surface area is 172 Å². The second-order valence-electron chi connectivity index (χ2n) is 7.42. The van der Waals surface area contributed by atoms with Crippen molar-refractivity contribution in [3.05, 3.63) is 81.0 Å². The van der Waals surface area contributed by atoms with E-state index in [1.807, 2.05) is 6.07 Å². The summed E-state index contributed by atoms with van der Waals surface area (Å²) in [5, 5.41) is 12.2. The van der Waals surface area contributed by atoms with E-state index in [1.54, 1.807) is 62.4 Å². The van der Waals surface area contributed by atoms with Crippen LogP contribution in [-0.4, -0.2) is 32.6 Å². The second-order valence-corrected chi connectivity index (χ2v) is 7.42. The number of nitrogens with zero attached hydrogens (tertiary/aromatic N) is 1. The Morgan fingerprint density at radius 3 is 2.30 bits per heavy atom. The van der Waals surface area contributed by atoms with Crippen LogP contribution in [0.3, 0.4) is 0 Å². The highest BCUT2D eigenvalue weighted by molar-refractivity contribution is 5.86. The summed E-state index contributed by atoms with van der Waals surface area (Å²) >= 11 is 0. The van der Waals surface area contributed by atoms with Gasteiger partial charge in [0.05, 0.1) is 10.9 Å². The van der Waals surface area contributed by atoms with Gasteiger partial charge >= 0.3 is 11.7 Å². The zero-order chi connectivity index (χ0) is 21.8. The van der Waals surface area contributed by atoms with Crippen LogP contribution >= 0.6 is 0 Å². The fourth-order valence-electron chi connectivity index (χ4n) is 3.36. The van der Waals surface area contributed by atoms with E-state index in [0.717, 1.165) is 10.1 Å². The van der Waals surface area contributed by atoms with Crippen molar-refractivity contribution >= 4 is 22.8 Å². The summed E-state index contributed by atoms with van der Waals surface area (Å²) in [6.07, 6.45) is 0.0540. The van der Waals surface area contributed by atoms with Crippen LogP contribution in [0.5, 0.6) is 0 Å². The van der Waals surface area contributed by atoms with E-state index in [0.29, 0.717) is 5.52 Å². The number of aromatic nitrogens is 2. The number of aliphatic carboxylic acids is 1. The van der Waals surface area contributed by atoms with Crippen molar-refractivity contribution in [3.8, 4) is 0 Å². The SMILES string of the molecule is CC(C)[C@H](NC(=O)[C@H](Cc1ccccc1)n1c(=O)[nH]c2ccccc2c1=O)C(=O)O. The first-order valence-corrected chi connectivity index (χ1v) is 9.60. The molecular weight excluding hydrogens is 386 g/mol. The van der Waals surface area contributed by atoms with Gasteiger partial charge in [0, 0.05) is 6.42 Å². The van der Waals surface area contributed by atoms with Crippen LogP contribution in [-0.2, 0) is 16.0 Å². The van der Waals surface area contributed by atoms with E-state index < -0.39 is 35.2 Å². The average molecular weight is 409 g/mol. The maximum Gasteiger partial charge on any atom is 0.329 e. The van der Waals surface area contributed by atoms with Gasteiger partial charge in [-0.3, -0.25) is 9.59 Å². The number of benzene rings is 2. The molecule has 8 nitrogen and oxygen atoms in total. The van der Waals surface area contributed by atoms with Crippen molar-refractivity contribution in [3.63, 3.8) is 0 Å². The quantitative estimate of drug-likeness (QED) is 0.548. The summed E-state index contributed by atoms with van der Waals surface area (Å²) in [6, 6.07) is 13.1. The van der Waals surface area contributed by atoms with Gasteiger partial charge in [0.15, 0.2) is 0 Å². The molecule has 0 fully saturated rings. The molecule has 0 saturated carbocycles. The summed E-state index contributed by atoms with van der Waals surface area (Å²) in [5.41, 5.74) is -0.241. The number of H-pyrrole nitrogens is 1. The number of para-hydroxylation sites is 1. The van der Waals surface area contributed by atoms with Crippen molar-refractivity contribution in [2.24, 2.45) is 5.92 Å². The molecule has 0 spiro atoms. The third-order valence-electron chi connectivity index (χ3n) is 4.95. The van der Waals surface area contributed by atoms with Gasteiger partial charge < -0.3 is 15.4 Å². The lowest BCUT2D eigenvalue weighted by atomic mass is 10.0. The molecule has 0 bridgehead atoms. The molecule has 3 rings (SSSR count). The molecular formula is C22H23N3O5. The van der Waals surface area contributed by atoms with Gasteiger partial charge in [-0.25, -0.2) is 14.2 Å². The molecule has 0 aliphatic carbocycles. The number of carboxylic acid groups (broad SMARTS) is 1. The van der Waals surface area contributed by atoms with Gasteiger partial charge in [-0.05, 0) is 23.6 Å². The molecule has 1 aromatic heterocycles. The molecule has 1 heterocycles. The zero-order valence-corrected chi connectivity index (χ0v) is 16.7. The Morgan fingerprint density at radius 2 is 1.67 bits per heavy atom. The number of amides is 1. The number of aromatic amines is 1. The number of nitrogens with one attached hydrogen (secondary N) is 2. The highest BCUT2D eigenvalue weighted by Crippen LogP contribution is 2.15. The van der Waals surface area contributed by atoms with Gasteiger partial charge in [-0.1, -0.05) is 56.3 Å². The standard InChI is InChI=1S/C22H23N3O5/c1-13(2)18(21(28)29)24-19(26)17(12-14-8-4-3-5-9-14)25-20(27)15-10-6-7-11-16(15)23-22(25)30/h3-11,13,17-18H,12H2,1-2H3,(H,23,30)(H,24,26)(H,28,29)/t17-,18-/m0/s1. The van der Waals surface area contributed by atoms with Crippen LogP contribution in [0.15, 0.2) is 64.2 Å². The van der Waals surface area contributed by atoms with E-state index in [-0.39, 0.29) is 17.7 Å². The number of carboxylic acids is 1. The summed E-state index contributed by atoms with van der Waals surface area (Å²) in [5.74, 6) is -2.27. The lowest BCUT2D eigenvalue weighted by Gasteiger charge is -2.23. The number of hydrogen-bond acceptors (Lipinski definition) is 4. The van der Waals surface area contributed by atoms with Crippen LogP contribution in [0.1, 0.15) is 25.5 Å². The number of hydrogen-bond donors (Lipinski definition) is 3. The topological polar surface area (TPSA) is 121 Å². The molecule has 0 unspecified atom stereocenters. The average Bonchev–Trinajstić information content (AvgIpc) is 2.71. The van der Waals surface area contributed by atoms with Crippen molar-refractivity contribution in [1.82, 2.24) is 14.9 Å². The lowest BCUT2D eigenvalue weighted by molar-refractivity contribution is -0.143. The Bertz CT molecular complexity index is 1180. The Hall–Kier alpha value is -3.68. The maximum absolute atomic E-state index is 13.1. The predicted octanol–water partition coefficient (Wildman–Crippen LogP) is 1.70. The maximum atomic E-state index is 13.1. The monoisotopic (exact) mass is 409 g/mol. The summed E-state index contributed by atoms with van der Waals surface area (Å²) in [6.45, 7) is 3.33. The highest BCUT2D eigenvalue weighted by atomic mass is 16.4. The minimum atomic E-state index is -1.21. The first-order chi connectivity index (χ1) is 14.3. The molecule has 1 amide bonds. The van der Waals surface area contributed by atoms with E-state index in [1.165, 1.54) is 0 Å². The number of rotatable bonds is 7. The Kier molecular flexibility index (Phi) is 6.15. The van der Waals surface area contributed by atoms with Crippen LogP contribution in [0, 0.1) is 5.92 Å². The molecule has 0 aliphatic rings.